The topological polar surface area (TPSA) is 56.9 Å². The lowest BCUT2D eigenvalue weighted by molar-refractivity contribution is 0.460. The number of aromatic hydroxyl groups is 1. The van der Waals surface area contributed by atoms with Gasteiger partial charge in [-0.2, -0.15) is 5.26 Å². The van der Waals surface area contributed by atoms with Gasteiger partial charge in [0.15, 0.2) is 5.75 Å². The molecular formula is C12H16N2O. The third kappa shape index (κ3) is 3.25. The number of hydrogen-bond acceptors (Lipinski definition) is 3. The standard InChI is InChI=1S/C12H16N2O/c1-2-3-4-5-6-11-12(15)10(9-13)7-8-14-11/h7-8,15H,2-6H2,1H3. The molecule has 0 aliphatic carbocycles. The number of unbranched alkanes of at least 4 members (excludes halogenated alkanes) is 3. The van der Waals surface area contributed by atoms with Crippen LogP contribution in [-0.2, 0) is 6.42 Å². The second-order valence-electron chi connectivity index (χ2n) is 3.58. The molecule has 3 heteroatoms. The maximum absolute atomic E-state index is 9.66. The summed E-state index contributed by atoms with van der Waals surface area (Å²) in [6, 6.07) is 3.48. The SMILES string of the molecule is CCCCCCc1nccc(C#N)c1O. The quantitative estimate of drug-likeness (QED) is 0.750. The van der Waals surface area contributed by atoms with E-state index in [4.69, 9.17) is 5.26 Å². The molecule has 1 aromatic rings. The Kier molecular flexibility index (Phi) is 4.62. The van der Waals surface area contributed by atoms with Gasteiger partial charge in [0.05, 0.1) is 11.3 Å². The van der Waals surface area contributed by atoms with Gasteiger partial charge in [-0.25, -0.2) is 0 Å². The fraction of sp³-hybridized carbons (Fsp3) is 0.500. The van der Waals surface area contributed by atoms with Crippen molar-refractivity contribution in [2.75, 3.05) is 0 Å². The predicted octanol–water partition coefficient (Wildman–Crippen LogP) is 2.78. The molecule has 0 aliphatic rings. The van der Waals surface area contributed by atoms with Crippen LogP contribution in [0.3, 0.4) is 0 Å². The van der Waals surface area contributed by atoms with Crippen LogP contribution in [0.15, 0.2) is 12.3 Å². The van der Waals surface area contributed by atoms with Crippen molar-refractivity contribution in [3.63, 3.8) is 0 Å². The van der Waals surface area contributed by atoms with Crippen molar-refractivity contribution in [2.45, 2.75) is 39.0 Å². The van der Waals surface area contributed by atoms with Crippen molar-refractivity contribution < 1.29 is 5.11 Å². The first-order chi connectivity index (χ1) is 7.29. The van der Waals surface area contributed by atoms with E-state index in [1.807, 2.05) is 6.07 Å². The Morgan fingerprint density at radius 1 is 1.40 bits per heavy atom. The molecule has 1 heterocycles. The molecule has 15 heavy (non-hydrogen) atoms. The van der Waals surface area contributed by atoms with E-state index in [-0.39, 0.29) is 5.75 Å². The van der Waals surface area contributed by atoms with Gasteiger partial charge in [0.25, 0.3) is 0 Å². The molecular weight excluding hydrogens is 188 g/mol. The van der Waals surface area contributed by atoms with E-state index < -0.39 is 0 Å². The lowest BCUT2D eigenvalue weighted by atomic mass is 10.1. The molecule has 1 N–H and O–H groups in total. The Bertz CT molecular complexity index is 355. The van der Waals surface area contributed by atoms with Gasteiger partial charge >= 0.3 is 0 Å². The molecule has 0 bridgehead atoms. The maximum atomic E-state index is 9.66. The third-order valence-electron chi connectivity index (χ3n) is 2.39. The van der Waals surface area contributed by atoms with Crippen molar-refractivity contribution in [3.8, 4) is 11.8 Å². The average molecular weight is 204 g/mol. The summed E-state index contributed by atoms with van der Waals surface area (Å²) in [6.45, 7) is 2.16. The van der Waals surface area contributed by atoms with Gasteiger partial charge < -0.3 is 5.11 Å². The molecule has 0 aromatic carbocycles. The Labute approximate surface area is 90.4 Å². The molecule has 0 amide bonds. The van der Waals surface area contributed by atoms with Gasteiger partial charge in [-0.3, -0.25) is 4.98 Å². The molecule has 0 fully saturated rings. The van der Waals surface area contributed by atoms with Crippen molar-refractivity contribution >= 4 is 0 Å². The van der Waals surface area contributed by atoms with Crippen LogP contribution in [0.4, 0.5) is 0 Å². The highest BCUT2D eigenvalue weighted by molar-refractivity contribution is 5.43. The molecule has 0 spiro atoms. The van der Waals surface area contributed by atoms with E-state index in [0.29, 0.717) is 11.3 Å². The number of nitrogens with zero attached hydrogens (tertiary/aromatic N) is 2. The van der Waals surface area contributed by atoms with Gasteiger partial charge in [-0.05, 0) is 18.9 Å². The lowest BCUT2D eigenvalue weighted by Crippen LogP contribution is -1.93. The lowest BCUT2D eigenvalue weighted by Gasteiger charge is -2.03. The van der Waals surface area contributed by atoms with Crippen molar-refractivity contribution in [1.82, 2.24) is 4.98 Å². The largest absolute Gasteiger partial charge is 0.505 e. The summed E-state index contributed by atoms with van der Waals surface area (Å²) in [7, 11) is 0. The highest BCUT2D eigenvalue weighted by Crippen LogP contribution is 2.21. The second-order valence-corrected chi connectivity index (χ2v) is 3.58. The first-order valence-corrected chi connectivity index (χ1v) is 5.36. The van der Waals surface area contributed by atoms with Crippen LogP contribution < -0.4 is 0 Å². The van der Waals surface area contributed by atoms with Crippen LogP contribution in [0, 0.1) is 11.3 Å². The van der Waals surface area contributed by atoms with Crippen LogP contribution in [0.1, 0.15) is 43.9 Å². The van der Waals surface area contributed by atoms with Crippen LogP contribution >= 0.6 is 0 Å². The van der Waals surface area contributed by atoms with Crippen molar-refractivity contribution in [2.24, 2.45) is 0 Å². The molecule has 1 aromatic heterocycles. The second kappa shape index (κ2) is 6.02. The normalized spacial score (nSPS) is 9.87. The zero-order chi connectivity index (χ0) is 11.1. The Hall–Kier alpha value is -1.56. The summed E-state index contributed by atoms with van der Waals surface area (Å²) in [5.74, 6) is 0.0523. The summed E-state index contributed by atoms with van der Waals surface area (Å²) < 4.78 is 0. The monoisotopic (exact) mass is 204 g/mol. The Morgan fingerprint density at radius 2 is 2.20 bits per heavy atom. The fourth-order valence-corrected chi connectivity index (χ4v) is 1.49. The molecule has 1 rings (SSSR count). The number of hydrogen-bond donors (Lipinski definition) is 1. The molecule has 0 saturated heterocycles. The Balaban J connectivity index is 2.58. The fourth-order valence-electron chi connectivity index (χ4n) is 1.49. The number of aromatic nitrogens is 1. The summed E-state index contributed by atoms with van der Waals surface area (Å²) in [6.07, 6.45) is 6.89. The summed E-state index contributed by atoms with van der Waals surface area (Å²) in [5, 5.41) is 18.4. The van der Waals surface area contributed by atoms with Crippen LogP contribution in [0.2, 0.25) is 0 Å². The average Bonchev–Trinajstić information content (AvgIpc) is 2.26. The third-order valence-corrected chi connectivity index (χ3v) is 2.39. The highest BCUT2D eigenvalue weighted by Gasteiger charge is 2.06. The highest BCUT2D eigenvalue weighted by atomic mass is 16.3. The van der Waals surface area contributed by atoms with Crippen LogP contribution in [0.5, 0.6) is 5.75 Å². The number of pyridine rings is 1. The molecule has 0 aliphatic heterocycles. The first-order valence-electron chi connectivity index (χ1n) is 5.36. The minimum Gasteiger partial charge on any atom is -0.505 e. The minimum atomic E-state index is 0.0523. The molecule has 0 radical (unpaired) electrons. The van der Waals surface area contributed by atoms with Crippen molar-refractivity contribution in [3.05, 3.63) is 23.5 Å². The van der Waals surface area contributed by atoms with E-state index >= 15 is 0 Å². The smallest absolute Gasteiger partial charge is 0.154 e. The van der Waals surface area contributed by atoms with Crippen LogP contribution in [0.25, 0.3) is 0 Å². The van der Waals surface area contributed by atoms with E-state index in [1.54, 1.807) is 6.20 Å². The van der Waals surface area contributed by atoms with Crippen LogP contribution in [-0.4, -0.2) is 10.1 Å². The zero-order valence-corrected chi connectivity index (χ0v) is 9.03. The summed E-state index contributed by atoms with van der Waals surface area (Å²) >= 11 is 0. The number of rotatable bonds is 5. The number of aryl methyl sites for hydroxylation is 1. The molecule has 3 nitrogen and oxygen atoms in total. The number of nitriles is 1. The summed E-state index contributed by atoms with van der Waals surface area (Å²) in [4.78, 5) is 4.08. The maximum Gasteiger partial charge on any atom is 0.154 e. The predicted molar refractivity (Wildman–Crippen MR) is 58.5 cm³/mol. The Morgan fingerprint density at radius 3 is 2.87 bits per heavy atom. The molecule has 0 saturated carbocycles. The van der Waals surface area contributed by atoms with E-state index in [2.05, 4.69) is 11.9 Å². The zero-order valence-electron chi connectivity index (χ0n) is 9.03. The van der Waals surface area contributed by atoms with Gasteiger partial charge in [0, 0.05) is 6.20 Å². The van der Waals surface area contributed by atoms with Gasteiger partial charge in [-0.1, -0.05) is 26.2 Å². The molecule has 0 unspecified atom stereocenters. The van der Waals surface area contributed by atoms with Gasteiger partial charge in [0.1, 0.15) is 6.07 Å². The summed E-state index contributed by atoms with van der Waals surface area (Å²) in [5.41, 5.74) is 0.959. The molecule has 80 valence electrons. The first kappa shape index (κ1) is 11.5. The van der Waals surface area contributed by atoms with E-state index in [0.717, 1.165) is 19.3 Å². The van der Waals surface area contributed by atoms with Gasteiger partial charge in [-0.15, -0.1) is 0 Å². The van der Waals surface area contributed by atoms with Gasteiger partial charge in [0.2, 0.25) is 0 Å². The minimum absolute atomic E-state index is 0.0523. The van der Waals surface area contributed by atoms with Crippen molar-refractivity contribution in [1.29, 1.82) is 5.26 Å². The molecule has 0 atom stereocenters. The van der Waals surface area contributed by atoms with E-state index in [9.17, 15) is 5.11 Å². The van der Waals surface area contributed by atoms with E-state index in [1.165, 1.54) is 18.9 Å².